The van der Waals surface area contributed by atoms with Gasteiger partial charge >= 0.3 is 0 Å². The quantitative estimate of drug-likeness (QED) is 0.809. The standard InChI is InChI=1S/C17H25NO2/c1-2-11-20-16-6-4-3-5-15(16)17(19)14-9-7-13(12-18)8-10-14/h3-6,13-14H,2,7-12,18H2,1H3. The maximum Gasteiger partial charge on any atom is 0.169 e. The summed E-state index contributed by atoms with van der Waals surface area (Å²) < 4.78 is 5.70. The fourth-order valence-electron chi connectivity index (χ4n) is 2.89. The number of para-hydroxylation sites is 1. The highest BCUT2D eigenvalue weighted by molar-refractivity contribution is 6.00. The Bertz CT molecular complexity index is 436. The Balaban J connectivity index is 2.05. The van der Waals surface area contributed by atoms with E-state index in [1.54, 1.807) is 0 Å². The molecule has 0 bridgehead atoms. The van der Waals surface area contributed by atoms with Crippen molar-refractivity contribution in [2.45, 2.75) is 39.0 Å². The lowest BCUT2D eigenvalue weighted by Crippen LogP contribution is -2.26. The lowest BCUT2D eigenvalue weighted by atomic mass is 9.78. The lowest BCUT2D eigenvalue weighted by molar-refractivity contribution is 0.0869. The molecule has 1 aromatic carbocycles. The Morgan fingerprint density at radius 3 is 2.60 bits per heavy atom. The van der Waals surface area contributed by atoms with E-state index in [0.29, 0.717) is 12.5 Å². The number of carbonyl (C=O) groups is 1. The molecule has 0 radical (unpaired) electrons. The molecule has 0 aromatic heterocycles. The van der Waals surface area contributed by atoms with Crippen LogP contribution in [0.3, 0.4) is 0 Å². The second kappa shape index (κ2) is 7.44. The van der Waals surface area contributed by atoms with Gasteiger partial charge in [0, 0.05) is 5.92 Å². The summed E-state index contributed by atoms with van der Waals surface area (Å²) in [5.74, 6) is 1.72. The van der Waals surface area contributed by atoms with Crippen LogP contribution < -0.4 is 10.5 Å². The molecule has 3 nitrogen and oxygen atoms in total. The minimum atomic E-state index is 0.143. The number of hydrogen-bond acceptors (Lipinski definition) is 3. The first-order valence-corrected chi connectivity index (χ1v) is 7.72. The Kier molecular flexibility index (Phi) is 5.60. The number of Topliss-reactive ketones (excluding diaryl/α,β-unsaturated/α-hetero) is 1. The molecule has 0 spiro atoms. The van der Waals surface area contributed by atoms with Gasteiger partial charge in [-0.1, -0.05) is 19.1 Å². The van der Waals surface area contributed by atoms with Gasteiger partial charge in [-0.2, -0.15) is 0 Å². The van der Waals surface area contributed by atoms with Crippen LogP contribution in [0.4, 0.5) is 0 Å². The maximum atomic E-state index is 12.7. The van der Waals surface area contributed by atoms with E-state index in [1.165, 1.54) is 0 Å². The molecule has 1 aliphatic carbocycles. The summed E-state index contributed by atoms with van der Waals surface area (Å²) in [6.45, 7) is 3.47. The molecule has 0 heterocycles. The molecule has 20 heavy (non-hydrogen) atoms. The molecule has 2 rings (SSSR count). The molecule has 1 aliphatic rings. The molecule has 1 saturated carbocycles. The zero-order valence-corrected chi connectivity index (χ0v) is 12.3. The van der Waals surface area contributed by atoms with Crippen molar-refractivity contribution in [1.29, 1.82) is 0 Å². The average molecular weight is 275 g/mol. The van der Waals surface area contributed by atoms with Crippen LogP contribution in [0.15, 0.2) is 24.3 Å². The molecule has 1 aromatic rings. The first-order chi connectivity index (χ1) is 9.76. The first kappa shape index (κ1) is 15.0. The van der Waals surface area contributed by atoms with Crippen molar-refractivity contribution in [3.63, 3.8) is 0 Å². The van der Waals surface area contributed by atoms with Crippen molar-refractivity contribution < 1.29 is 9.53 Å². The highest BCUT2D eigenvalue weighted by Gasteiger charge is 2.27. The minimum absolute atomic E-state index is 0.143. The van der Waals surface area contributed by atoms with Gasteiger partial charge in [0.1, 0.15) is 5.75 Å². The van der Waals surface area contributed by atoms with Gasteiger partial charge in [-0.15, -0.1) is 0 Å². The topological polar surface area (TPSA) is 52.3 Å². The number of benzene rings is 1. The highest BCUT2D eigenvalue weighted by atomic mass is 16.5. The number of carbonyl (C=O) groups excluding carboxylic acids is 1. The third-order valence-electron chi connectivity index (χ3n) is 4.17. The Morgan fingerprint density at radius 2 is 1.95 bits per heavy atom. The van der Waals surface area contributed by atoms with Crippen LogP contribution in [-0.2, 0) is 0 Å². The van der Waals surface area contributed by atoms with E-state index in [9.17, 15) is 4.79 Å². The largest absolute Gasteiger partial charge is 0.493 e. The fraction of sp³-hybridized carbons (Fsp3) is 0.588. The van der Waals surface area contributed by atoms with E-state index < -0.39 is 0 Å². The lowest BCUT2D eigenvalue weighted by Gasteiger charge is -2.27. The van der Waals surface area contributed by atoms with Gasteiger partial charge < -0.3 is 10.5 Å². The van der Waals surface area contributed by atoms with E-state index in [2.05, 4.69) is 6.92 Å². The van der Waals surface area contributed by atoms with Crippen molar-refractivity contribution in [2.75, 3.05) is 13.2 Å². The van der Waals surface area contributed by atoms with Gasteiger partial charge in [0.25, 0.3) is 0 Å². The average Bonchev–Trinajstić information content (AvgIpc) is 2.52. The second-order valence-electron chi connectivity index (χ2n) is 5.66. The van der Waals surface area contributed by atoms with E-state index in [0.717, 1.165) is 50.0 Å². The van der Waals surface area contributed by atoms with Crippen LogP contribution in [0.1, 0.15) is 49.4 Å². The van der Waals surface area contributed by atoms with Gasteiger partial charge in [-0.25, -0.2) is 0 Å². The van der Waals surface area contributed by atoms with Gasteiger partial charge in [0.2, 0.25) is 0 Å². The van der Waals surface area contributed by atoms with Crippen LogP contribution in [0, 0.1) is 11.8 Å². The van der Waals surface area contributed by atoms with E-state index in [-0.39, 0.29) is 11.7 Å². The third-order valence-corrected chi connectivity index (χ3v) is 4.17. The Hall–Kier alpha value is -1.35. The number of hydrogen-bond donors (Lipinski definition) is 1. The van der Waals surface area contributed by atoms with Crippen LogP contribution in [0.5, 0.6) is 5.75 Å². The summed E-state index contributed by atoms with van der Waals surface area (Å²) in [6, 6.07) is 7.63. The molecule has 0 atom stereocenters. The predicted molar refractivity (Wildman–Crippen MR) is 81.1 cm³/mol. The molecule has 0 aliphatic heterocycles. The molecule has 0 saturated heterocycles. The van der Waals surface area contributed by atoms with Crippen molar-refractivity contribution in [1.82, 2.24) is 0 Å². The van der Waals surface area contributed by atoms with Gasteiger partial charge in [0.15, 0.2) is 5.78 Å². The fourth-order valence-corrected chi connectivity index (χ4v) is 2.89. The molecule has 1 fully saturated rings. The maximum absolute atomic E-state index is 12.7. The SMILES string of the molecule is CCCOc1ccccc1C(=O)C1CCC(CN)CC1. The highest BCUT2D eigenvalue weighted by Crippen LogP contribution is 2.32. The second-order valence-corrected chi connectivity index (χ2v) is 5.66. The van der Waals surface area contributed by atoms with E-state index in [1.807, 2.05) is 24.3 Å². The third kappa shape index (κ3) is 3.60. The van der Waals surface area contributed by atoms with E-state index >= 15 is 0 Å². The van der Waals surface area contributed by atoms with Crippen molar-refractivity contribution >= 4 is 5.78 Å². The van der Waals surface area contributed by atoms with Crippen LogP contribution in [0.2, 0.25) is 0 Å². The monoisotopic (exact) mass is 275 g/mol. The van der Waals surface area contributed by atoms with Crippen LogP contribution in [0.25, 0.3) is 0 Å². The number of nitrogens with two attached hydrogens (primary N) is 1. The molecular weight excluding hydrogens is 250 g/mol. The Labute approximate surface area is 121 Å². The summed E-state index contributed by atoms with van der Waals surface area (Å²) in [5, 5.41) is 0. The molecule has 0 unspecified atom stereocenters. The zero-order chi connectivity index (χ0) is 14.4. The smallest absolute Gasteiger partial charge is 0.169 e. The summed E-state index contributed by atoms with van der Waals surface area (Å²) in [5.41, 5.74) is 6.46. The van der Waals surface area contributed by atoms with Crippen molar-refractivity contribution in [2.24, 2.45) is 17.6 Å². The molecule has 3 heteroatoms. The summed E-state index contributed by atoms with van der Waals surface area (Å²) in [6.07, 6.45) is 5.02. The molecule has 0 amide bonds. The van der Waals surface area contributed by atoms with Gasteiger partial charge in [-0.05, 0) is 56.7 Å². The van der Waals surface area contributed by atoms with Crippen molar-refractivity contribution in [3.8, 4) is 5.75 Å². The number of rotatable bonds is 6. The normalized spacial score (nSPS) is 22.5. The summed E-state index contributed by atoms with van der Waals surface area (Å²) in [7, 11) is 0. The molecule has 110 valence electrons. The van der Waals surface area contributed by atoms with E-state index in [4.69, 9.17) is 10.5 Å². The predicted octanol–water partition coefficient (Wildman–Crippen LogP) is 3.42. The molecule has 2 N–H and O–H groups in total. The summed E-state index contributed by atoms with van der Waals surface area (Å²) in [4.78, 5) is 12.7. The first-order valence-electron chi connectivity index (χ1n) is 7.72. The van der Waals surface area contributed by atoms with Gasteiger partial charge in [-0.3, -0.25) is 4.79 Å². The van der Waals surface area contributed by atoms with Gasteiger partial charge in [0.05, 0.1) is 12.2 Å². The van der Waals surface area contributed by atoms with Crippen LogP contribution in [-0.4, -0.2) is 18.9 Å². The van der Waals surface area contributed by atoms with Crippen LogP contribution >= 0.6 is 0 Å². The molecular formula is C17H25NO2. The number of ketones is 1. The number of ether oxygens (including phenoxy) is 1. The minimum Gasteiger partial charge on any atom is -0.493 e. The van der Waals surface area contributed by atoms with Crippen molar-refractivity contribution in [3.05, 3.63) is 29.8 Å². The summed E-state index contributed by atoms with van der Waals surface area (Å²) >= 11 is 0. The Morgan fingerprint density at radius 1 is 1.25 bits per heavy atom. The zero-order valence-electron chi connectivity index (χ0n) is 12.3.